The fourth-order valence-electron chi connectivity index (χ4n) is 1.44. The van der Waals surface area contributed by atoms with Crippen LogP contribution in [0.5, 0.6) is 11.5 Å². The van der Waals surface area contributed by atoms with Crippen molar-refractivity contribution in [1.29, 1.82) is 0 Å². The number of hydrogen-bond acceptors (Lipinski definition) is 4. The highest BCUT2D eigenvalue weighted by Crippen LogP contribution is 2.17. The standard InChI is InChI=1S/C14H23NO3/c1-2-17-13-5-7-14(8-6-13)18-12-4-11-16-10-3-9-15/h5-8H,2-4,9-12,15H2,1H3. The minimum absolute atomic E-state index is 0.663. The van der Waals surface area contributed by atoms with Crippen molar-refractivity contribution in [2.24, 2.45) is 5.73 Å². The molecule has 0 spiro atoms. The second-order valence-electron chi connectivity index (χ2n) is 3.86. The zero-order chi connectivity index (χ0) is 13.1. The summed E-state index contributed by atoms with van der Waals surface area (Å²) in [6, 6.07) is 7.66. The summed E-state index contributed by atoms with van der Waals surface area (Å²) in [4.78, 5) is 0. The van der Waals surface area contributed by atoms with Gasteiger partial charge in [0.2, 0.25) is 0 Å². The Balaban J connectivity index is 2.08. The first-order valence-electron chi connectivity index (χ1n) is 6.50. The lowest BCUT2D eigenvalue weighted by Gasteiger charge is -2.08. The lowest BCUT2D eigenvalue weighted by atomic mass is 10.3. The van der Waals surface area contributed by atoms with Gasteiger partial charge in [-0.1, -0.05) is 0 Å². The maximum absolute atomic E-state index is 5.59. The zero-order valence-electron chi connectivity index (χ0n) is 11.1. The molecule has 0 radical (unpaired) electrons. The Kier molecular flexibility index (Phi) is 8.01. The summed E-state index contributed by atoms with van der Waals surface area (Å²) in [5, 5.41) is 0. The largest absolute Gasteiger partial charge is 0.494 e. The average molecular weight is 253 g/mol. The Morgan fingerprint density at radius 3 is 2.11 bits per heavy atom. The van der Waals surface area contributed by atoms with Gasteiger partial charge in [0.15, 0.2) is 0 Å². The summed E-state index contributed by atoms with van der Waals surface area (Å²) >= 11 is 0. The van der Waals surface area contributed by atoms with Crippen LogP contribution in [0.4, 0.5) is 0 Å². The second kappa shape index (κ2) is 9.74. The van der Waals surface area contributed by atoms with Crippen molar-refractivity contribution in [3.8, 4) is 11.5 Å². The molecule has 0 bridgehead atoms. The van der Waals surface area contributed by atoms with Crippen molar-refractivity contribution in [2.75, 3.05) is 33.0 Å². The van der Waals surface area contributed by atoms with E-state index in [1.54, 1.807) is 0 Å². The van der Waals surface area contributed by atoms with E-state index in [1.807, 2.05) is 31.2 Å². The van der Waals surface area contributed by atoms with Gasteiger partial charge in [0.1, 0.15) is 11.5 Å². The molecule has 0 atom stereocenters. The molecule has 4 heteroatoms. The van der Waals surface area contributed by atoms with Crippen LogP contribution < -0.4 is 15.2 Å². The fraction of sp³-hybridized carbons (Fsp3) is 0.571. The molecule has 1 aromatic carbocycles. The monoisotopic (exact) mass is 253 g/mol. The molecule has 0 saturated heterocycles. The van der Waals surface area contributed by atoms with Gasteiger partial charge in [0.25, 0.3) is 0 Å². The highest BCUT2D eigenvalue weighted by atomic mass is 16.5. The van der Waals surface area contributed by atoms with E-state index in [0.717, 1.165) is 37.6 Å². The molecule has 0 heterocycles. The molecule has 0 aliphatic carbocycles. The van der Waals surface area contributed by atoms with Crippen LogP contribution in [-0.4, -0.2) is 33.0 Å². The highest BCUT2D eigenvalue weighted by Gasteiger charge is 1.96. The lowest BCUT2D eigenvalue weighted by molar-refractivity contribution is 0.118. The third-order valence-electron chi connectivity index (χ3n) is 2.33. The summed E-state index contributed by atoms with van der Waals surface area (Å²) in [5.74, 6) is 1.73. The van der Waals surface area contributed by atoms with Gasteiger partial charge in [-0.2, -0.15) is 0 Å². The van der Waals surface area contributed by atoms with Crippen LogP contribution in [0.2, 0.25) is 0 Å². The van der Waals surface area contributed by atoms with Crippen LogP contribution in [-0.2, 0) is 4.74 Å². The van der Waals surface area contributed by atoms with E-state index < -0.39 is 0 Å². The number of hydrogen-bond donors (Lipinski definition) is 1. The van der Waals surface area contributed by atoms with E-state index >= 15 is 0 Å². The van der Waals surface area contributed by atoms with Crippen molar-refractivity contribution < 1.29 is 14.2 Å². The van der Waals surface area contributed by atoms with Crippen LogP contribution in [0.3, 0.4) is 0 Å². The van der Waals surface area contributed by atoms with Crippen LogP contribution >= 0.6 is 0 Å². The van der Waals surface area contributed by atoms with E-state index in [-0.39, 0.29) is 0 Å². The molecule has 0 saturated carbocycles. The number of rotatable bonds is 10. The molecule has 102 valence electrons. The minimum Gasteiger partial charge on any atom is -0.494 e. The van der Waals surface area contributed by atoms with Crippen molar-refractivity contribution in [2.45, 2.75) is 19.8 Å². The zero-order valence-corrected chi connectivity index (χ0v) is 11.1. The van der Waals surface area contributed by atoms with Crippen LogP contribution in [0.15, 0.2) is 24.3 Å². The smallest absolute Gasteiger partial charge is 0.119 e. The van der Waals surface area contributed by atoms with Crippen LogP contribution in [0.25, 0.3) is 0 Å². The van der Waals surface area contributed by atoms with Crippen molar-refractivity contribution >= 4 is 0 Å². The average Bonchev–Trinajstić information content (AvgIpc) is 2.40. The number of ether oxygens (including phenoxy) is 3. The van der Waals surface area contributed by atoms with Gasteiger partial charge in [-0.25, -0.2) is 0 Å². The van der Waals surface area contributed by atoms with E-state index in [2.05, 4.69) is 0 Å². The molecule has 0 aliphatic rings. The molecule has 1 aromatic rings. The van der Waals surface area contributed by atoms with Gasteiger partial charge >= 0.3 is 0 Å². The van der Waals surface area contributed by atoms with E-state index in [1.165, 1.54) is 0 Å². The molecular weight excluding hydrogens is 230 g/mol. The molecular formula is C14H23NO3. The van der Waals surface area contributed by atoms with Gasteiger partial charge in [0.05, 0.1) is 13.2 Å². The van der Waals surface area contributed by atoms with Gasteiger partial charge in [-0.15, -0.1) is 0 Å². The third kappa shape index (κ3) is 6.47. The van der Waals surface area contributed by atoms with Gasteiger partial charge < -0.3 is 19.9 Å². The van der Waals surface area contributed by atoms with Crippen molar-refractivity contribution in [3.63, 3.8) is 0 Å². The summed E-state index contributed by atoms with van der Waals surface area (Å²) in [6.07, 6.45) is 1.80. The predicted octanol–water partition coefficient (Wildman–Crippen LogP) is 2.22. The number of benzene rings is 1. The maximum Gasteiger partial charge on any atom is 0.119 e. The summed E-state index contributed by atoms with van der Waals surface area (Å²) in [7, 11) is 0. The minimum atomic E-state index is 0.663. The lowest BCUT2D eigenvalue weighted by Crippen LogP contribution is -2.07. The Morgan fingerprint density at radius 2 is 1.50 bits per heavy atom. The first kappa shape index (κ1) is 14.8. The first-order chi connectivity index (χ1) is 8.86. The quantitative estimate of drug-likeness (QED) is 0.650. The molecule has 0 unspecified atom stereocenters. The molecule has 4 nitrogen and oxygen atoms in total. The second-order valence-corrected chi connectivity index (χ2v) is 3.86. The maximum atomic E-state index is 5.59. The third-order valence-corrected chi connectivity index (χ3v) is 2.33. The molecule has 0 aliphatic heterocycles. The predicted molar refractivity (Wildman–Crippen MR) is 72.2 cm³/mol. The molecule has 0 fully saturated rings. The van der Waals surface area contributed by atoms with E-state index in [4.69, 9.17) is 19.9 Å². The van der Waals surface area contributed by atoms with E-state index in [9.17, 15) is 0 Å². The van der Waals surface area contributed by atoms with Crippen molar-refractivity contribution in [3.05, 3.63) is 24.3 Å². The fourth-order valence-corrected chi connectivity index (χ4v) is 1.44. The summed E-state index contributed by atoms with van der Waals surface area (Å²) in [6.45, 7) is 5.45. The summed E-state index contributed by atoms with van der Waals surface area (Å²) < 4.78 is 16.3. The molecule has 0 amide bonds. The summed E-state index contributed by atoms with van der Waals surface area (Å²) in [5.41, 5.74) is 5.36. The van der Waals surface area contributed by atoms with Gasteiger partial charge in [-0.05, 0) is 44.2 Å². The van der Waals surface area contributed by atoms with Gasteiger partial charge in [0, 0.05) is 19.6 Å². The Morgan fingerprint density at radius 1 is 0.889 bits per heavy atom. The Labute approximate surface area is 109 Å². The van der Waals surface area contributed by atoms with Crippen LogP contribution in [0, 0.1) is 0 Å². The topological polar surface area (TPSA) is 53.7 Å². The Bertz CT molecular complexity index is 300. The van der Waals surface area contributed by atoms with Gasteiger partial charge in [-0.3, -0.25) is 0 Å². The normalized spacial score (nSPS) is 10.3. The molecule has 1 rings (SSSR count). The SMILES string of the molecule is CCOc1ccc(OCCCOCCCN)cc1. The molecule has 18 heavy (non-hydrogen) atoms. The van der Waals surface area contributed by atoms with Crippen molar-refractivity contribution in [1.82, 2.24) is 0 Å². The van der Waals surface area contributed by atoms with Crippen LogP contribution in [0.1, 0.15) is 19.8 Å². The Hall–Kier alpha value is -1.26. The van der Waals surface area contributed by atoms with E-state index in [0.29, 0.717) is 19.8 Å². The first-order valence-corrected chi connectivity index (χ1v) is 6.50. The molecule has 2 N–H and O–H groups in total. The molecule has 0 aromatic heterocycles. The number of nitrogens with two attached hydrogens (primary N) is 1. The highest BCUT2D eigenvalue weighted by molar-refractivity contribution is 5.31.